The van der Waals surface area contributed by atoms with Gasteiger partial charge in [-0.15, -0.1) is 0 Å². The first-order valence-corrected chi connectivity index (χ1v) is 12.8. The van der Waals surface area contributed by atoms with E-state index in [1.54, 1.807) is 12.1 Å². The van der Waals surface area contributed by atoms with Gasteiger partial charge in [0.05, 0.1) is 31.7 Å². The number of allylic oxidation sites excluding steroid dienone is 2. The highest BCUT2D eigenvalue weighted by molar-refractivity contribution is 6.16. The van der Waals surface area contributed by atoms with Crippen molar-refractivity contribution in [2.24, 2.45) is 17.8 Å². The molecule has 4 atom stereocenters. The molecule has 3 amide bonds. The number of carbonyl (C=O) groups excluding carboxylic acids is 3. The molecule has 2 aromatic rings. The number of ether oxygens (including phenoxy) is 1. The van der Waals surface area contributed by atoms with Crippen LogP contribution in [0.25, 0.3) is 11.6 Å². The van der Waals surface area contributed by atoms with E-state index >= 15 is 0 Å². The molecule has 2 heterocycles. The Bertz CT molecular complexity index is 1240. The summed E-state index contributed by atoms with van der Waals surface area (Å²) in [6.07, 6.45) is 1.37. The molecule has 1 saturated heterocycles. The highest BCUT2D eigenvalue weighted by Gasteiger charge is 2.56. The number of carbonyl (C=O) groups is 3. The van der Waals surface area contributed by atoms with E-state index in [2.05, 4.69) is 4.74 Å². The average molecular weight is 524 g/mol. The minimum atomic E-state index is -1.04. The van der Waals surface area contributed by atoms with Crippen LogP contribution in [0, 0.1) is 17.8 Å². The number of aliphatic hydroxyl groups is 3. The van der Waals surface area contributed by atoms with Crippen molar-refractivity contribution in [1.82, 2.24) is 4.90 Å². The maximum Gasteiger partial charge on any atom is 0.423 e. The van der Waals surface area contributed by atoms with Gasteiger partial charge in [0.2, 0.25) is 11.8 Å². The third kappa shape index (κ3) is 5.22. The van der Waals surface area contributed by atoms with Crippen molar-refractivity contribution in [2.45, 2.75) is 45.3 Å². The summed E-state index contributed by atoms with van der Waals surface area (Å²) in [6, 6.07) is 13.1. The molecular formula is C29H33NO8. The normalized spacial score (nSPS) is 22.6. The second-order valence-electron chi connectivity index (χ2n) is 9.57. The van der Waals surface area contributed by atoms with Crippen LogP contribution in [0.5, 0.6) is 0 Å². The fourth-order valence-corrected chi connectivity index (χ4v) is 5.70. The molecule has 3 N–H and O–H groups in total. The largest absolute Gasteiger partial charge is 0.459 e. The number of aliphatic hydroxyl groups excluding tert-OH is 3. The zero-order chi connectivity index (χ0) is 27.4. The van der Waals surface area contributed by atoms with E-state index < -0.39 is 48.4 Å². The standard InChI is InChI=1S/C29H33NO8/c1-3-17-14-22-26(28(35)30(27(22)34)29(36)37-2)23(16-32)25(17)24(33)12-9-19(18-7-5-4-6-8-18)13-20-10-11-21(15-31)38-20/h4-8,10-11,13,22-24,26,31-33H,3,9,12,14-16H2,1-2H3/b19-13-/t22-,23+,24-,26-/m1/s1. The number of amides is 3. The van der Waals surface area contributed by atoms with Crippen LogP contribution in [-0.4, -0.2) is 57.9 Å². The number of furan rings is 1. The summed E-state index contributed by atoms with van der Waals surface area (Å²) in [5, 5.41) is 31.1. The van der Waals surface area contributed by atoms with Gasteiger partial charge in [-0.1, -0.05) is 42.8 Å². The molecule has 4 rings (SSSR count). The lowest BCUT2D eigenvalue weighted by Crippen LogP contribution is -2.40. The van der Waals surface area contributed by atoms with Gasteiger partial charge in [-0.2, -0.15) is 4.90 Å². The SMILES string of the molecule is CCC1=C([C@H](O)CC/C(=C/c2ccc(CO)o2)c2ccccc2)[C@H](CO)[C@@H]2C(=O)N(C(=O)OC)C(=O)[C@@H]2C1. The number of fused-ring (bicyclic) bond motifs is 1. The topological polar surface area (TPSA) is 138 Å². The van der Waals surface area contributed by atoms with E-state index in [9.17, 15) is 29.7 Å². The van der Waals surface area contributed by atoms with E-state index in [4.69, 9.17) is 4.42 Å². The molecule has 38 heavy (non-hydrogen) atoms. The average Bonchev–Trinajstić information content (AvgIpc) is 3.51. The van der Waals surface area contributed by atoms with Gasteiger partial charge in [-0.05, 0) is 60.6 Å². The Labute approximate surface area is 221 Å². The second-order valence-corrected chi connectivity index (χ2v) is 9.57. The molecule has 1 aliphatic heterocycles. The summed E-state index contributed by atoms with van der Waals surface area (Å²) < 4.78 is 10.3. The van der Waals surface area contributed by atoms with Crippen LogP contribution < -0.4 is 0 Å². The van der Waals surface area contributed by atoms with Crippen molar-refractivity contribution in [1.29, 1.82) is 0 Å². The number of nitrogens with zero attached hydrogens (tertiary/aromatic N) is 1. The predicted molar refractivity (Wildman–Crippen MR) is 138 cm³/mol. The molecule has 1 fully saturated rings. The van der Waals surface area contributed by atoms with Gasteiger partial charge in [0.1, 0.15) is 18.1 Å². The Balaban J connectivity index is 1.61. The fourth-order valence-electron chi connectivity index (χ4n) is 5.70. The molecule has 9 nitrogen and oxygen atoms in total. The minimum absolute atomic E-state index is 0.208. The molecule has 9 heteroatoms. The number of rotatable bonds is 9. The first-order chi connectivity index (χ1) is 18.3. The van der Waals surface area contributed by atoms with Gasteiger partial charge in [0.25, 0.3) is 0 Å². The maximum atomic E-state index is 13.1. The Morgan fingerprint density at radius 1 is 1.16 bits per heavy atom. The second kappa shape index (κ2) is 11.9. The van der Waals surface area contributed by atoms with Crippen LogP contribution in [0.2, 0.25) is 0 Å². The number of hydrogen-bond donors (Lipinski definition) is 3. The van der Waals surface area contributed by atoms with E-state index in [-0.39, 0.29) is 13.0 Å². The van der Waals surface area contributed by atoms with Gasteiger partial charge in [-0.3, -0.25) is 9.59 Å². The van der Waals surface area contributed by atoms with Crippen LogP contribution in [0.1, 0.15) is 49.7 Å². The first-order valence-electron chi connectivity index (χ1n) is 12.8. The highest BCUT2D eigenvalue weighted by Crippen LogP contribution is 2.47. The van der Waals surface area contributed by atoms with Crippen molar-refractivity contribution in [3.8, 4) is 0 Å². The monoisotopic (exact) mass is 523 g/mol. The molecule has 0 spiro atoms. The summed E-state index contributed by atoms with van der Waals surface area (Å²) in [4.78, 5) is 38.7. The summed E-state index contributed by atoms with van der Waals surface area (Å²) in [5.74, 6) is -2.80. The summed E-state index contributed by atoms with van der Waals surface area (Å²) in [6.45, 7) is 1.25. The summed E-state index contributed by atoms with van der Waals surface area (Å²) in [5.41, 5.74) is 3.23. The van der Waals surface area contributed by atoms with Gasteiger partial charge in [0, 0.05) is 5.92 Å². The minimum Gasteiger partial charge on any atom is -0.459 e. The highest BCUT2D eigenvalue weighted by atomic mass is 16.5. The molecule has 202 valence electrons. The zero-order valence-electron chi connectivity index (χ0n) is 21.5. The lowest BCUT2D eigenvalue weighted by molar-refractivity contribution is -0.137. The van der Waals surface area contributed by atoms with E-state index in [0.717, 1.165) is 23.8 Å². The van der Waals surface area contributed by atoms with E-state index in [1.807, 2.05) is 43.3 Å². The lowest BCUT2D eigenvalue weighted by Gasteiger charge is -2.36. The summed E-state index contributed by atoms with van der Waals surface area (Å²) >= 11 is 0. The van der Waals surface area contributed by atoms with Crippen molar-refractivity contribution < 1.29 is 38.9 Å². The first kappa shape index (κ1) is 27.5. The van der Waals surface area contributed by atoms with Crippen LogP contribution in [-0.2, 0) is 20.9 Å². The zero-order valence-corrected chi connectivity index (χ0v) is 21.5. The third-order valence-corrected chi connectivity index (χ3v) is 7.51. The predicted octanol–water partition coefficient (Wildman–Crippen LogP) is 3.54. The summed E-state index contributed by atoms with van der Waals surface area (Å²) in [7, 11) is 1.10. The van der Waals surface area contributed by atoms with E-state index in [0.29, 0.717) is 41.3 Å². The number of methoxy groups -OCH3 is 1. The van der Waals surface area contributed by atoms with Gasteiger partial charge in [-0.25, -0.2) is 4.79 Å². The third-order valence-electron chi connectivity index (χ3n) is 7.51. The number of hydrogen-bond acceptors (Lipinski definition) is 8. The van der Waals surface area contributed by atoms with Crippen LogP contribution in [0.15, 0.2) is 58.0 Å². The number of likely N-dealkylation sites (tertiary alicyclic amines) is 1. The number of imide groups is 3. The van der Waals surface area contributed by atoms with Crippen LogP contribution in [0.3, 0.4) is 0 Å². The number of benzene rings is 1. The molecule has 2 aliphatic rings. The Kier molecular flexibility index (Phi) is 8.61. The van der Waals surface area contributed by atoms with Crippen molar-refractivity contribution in [3.63, 3.8) is 0 Å². The Morgan fingerprint density at radius 3 is 2.50 bits per heavy atom. The smallest absolute Gasteiger partial charge is 0.423 e. The van der Waals surface area contributed by atoms with Gasteiger partial charge in [0.15, 0.2) is 0 Å². The lowest BCUT2D eigenvalue weighted by atomic mass is 9.67. The molecule has 1 aromatic carbocycles. The Hall–Kier alpha value is -3.53. The van der Waals surface area contributed by atoms with Gasteiger partial charge >= 0.3 is 6.09 Å². The molecule has 0 bridgehead atoms. The fraction of sp³-hybridized carbons (Fsp3) is 0.414. The quantitative estimate of drug-likeness (QED) is 0.335. The molecule has 0 radical (unpaired) electrons. The maximum absolute atomic E-state index is 13.1. The van der Waals surface area contributed by atoms with Gasteiger partial charge < -0.3 is 24.5 Å². The molecule has 0 unspecified atom stereocenters. The van der Waals surface area contributed by atoms with Crippen LogP contribution in [0.4, 0.5) is 4.79 Å². The van der Waals surface area contributed by atoms with E-state index in [1.165, 1.54) is 0 Å². The molecule has 1 aromatic heterocycles. The van der Waals surface area contributed by atoms with Crippen LogP contribution >= 0.6 is 0 Å². The molecular weight excluding hydrogens is 490 g/mol. The molecule has 0 saturated carbocycles. The van der Waals surface area contributed by atoms with Crippen molar-refractivity contribution in [2.75, 3.05) is 13.7 Å². The molecule has 1 aliphatic carbocycles. The Morgan fingerprint density at radius 2 is 1.89 bits per heavy atom. The van der Waals surface area contributed by atoms with Crippen molar-refractivity contribution in [3.05, 3.63) is 70.7 Å². The van der Waals surface area contributed by atoms with Crippen molar-refractivity contribution >= 4 is 29.6 Å².